The first kappa shape index (κ1) is 15.0. The van der Waals surface area contributed by atoms with Crippen molar-refractivity contribution in [3.63, 3.8) is 0 Å². The Hall–Kier alpha value is -1.01. The summed E-state index contributed by atoms with van der Waals surface area (Å²) in [5.74, 6) is 1.25. The third kappa shape index (κ3) is 5.10. The summed E-state index contributed by atoms with van der Waals surface area (Å²) in [6, 6.07) is -0.668. The second kappa shape index (κ2) is 7.43. The Morgan fingerprint density at radius 3 is 2.83 bits per heavy atom. The minimum Gasteiger partial charge on any atom is -0.352 e. The largest absolute Gasteiger partial charge is 0.352 e. The Morgan fingerprint density at radius 2 is 2.17 bits per heavy atom. The fourth-order valence-electron chi connectivity index (χ4n) is 1.49. The van der Waals surface area contributed by atoms with E-state index >= 15 is 0 Å². The number of nitrogens with one attached hydrogen (secondary N) is 2. The van der Waals surface area contributed by atoms with Gasteiger partial charge in [-0.25, -0.2) is 0 Å². The minimum atomic E-state index is -0.500. The average Bonchev–Trinajstić information content (AvgIpc) is 2.31. The van der Waals surface area contributed by atoms with Crippen LogP contribution in [0.1, 0.15) is 13.8 Å². The Labute approximate surface area is 112 Å². The van der Waals surface area contributed by atoms with E-state index in [1.54, 1.807) is 17.8 Å². The van der Waals surface area contributed by atoms with Gasteiger partial charge in [0, 0.05) is 30.2 Å². The van der Waals surface area contributed by atoms with Crippen LogP contribution in [-0.4, -0.2) is 41.9 Å². The molecule has 0 bridgehead atoms. The highest BCUT2D eigenvalue weighted by molar-refractivity contribution is 7.99. The Kier molecular flexibility index (Phi) is 6.21. The highest BCUT2D eigenvalue weighted by Crippen LogP contribution is 2.06. The highest BCUT2D eigenvalue weighted by atomic mass is 32.2. The lowest BCUT2D eigenvalue weighted by atomic mass is 10.0. The van der Waals surface area contributed by atoms with Crippen LogP contribution in [0, 0.1) is 5.92 Å². The molecule has 0 spiro atoms. The molecule has 1 heterocycles. The summed E-state index contributed by atoms with van der Waals surface area (Å²) in [4.78, 5) is 23.3. The molecule has 0 aromatic carbocycles. The summed E-state index contributed by atoms with van der Waals surface area (Å²) in [5.41, 5.74) is 5.80. The van der Waals surface area contributed by atoms with Crippen molar-refractivity contribution in [2.24, 2.45) is 11.7 Å². The van der Waals surface area contributed by atoms with Gasteiger partial charge in [-0.3, -0.25) is 9.59 Å². The second-order valence-corrected chi connectivity index (χ2v) is 5.76. The molecule has 2 amide bonds. The van der Waals surface area contributed by atoms with E-state index in [1.807, 2.05) is 13.8 Å². The summed E-state index contributed by atoms with van der Waals surface area (Å²) >= 11 is 1.57. The average molecular weight is 271 g/mol. The standard InChI is InChI=1S/C12H21N3O2S/c1-8(2)10-3-4-11(16)14-5-6-18-7-9(13)12(17)15-10/h3-4,8-10H,5-7,13H2,1-2H3,(H,14,16)(H,15,17)/b4-3+/t9-,10+/m0/s1. The first-order chi connectivity index (χ1) is 8.50. The fourth-order valence-corrected chi connectivity index (χ4v) is 2.31. The topological polar surface area (TPSA) is 84.2 Å². The SMILES string of the molecule is CC(C)[C@H]1/C=C/C(=O)NCCSC[C@H](N)C(=O)N1. The van der Waals surface area contributed by atoms with Crippen LogP contribution in [0.2, 0.25) is 0 Å². The van der Waals surface area contributed by atoms with Gasteiger partial charge in [0.25, 0.3) is 0 Å². The van der Waals surface area contributed by atoms with Crippen molar-refractivity contribution in [2.75, 3.05) is 18.1 Å². The van der Waals surface area contributed by atoms with E-state index in [9.17, 15) is 9.59 Å². The molecule has 0 fully saturated rings. The molecule has 6 heteroatoms. The summed E-state index contributed by atoms with van der Waals surface area (Å²) in [6.07, 6.45) is 3.20. The van der Waals surface area contributed by atoms with Crippen molar-refractivity contribution in [1.82, 2.24) is 10.6 Å². The Balaban J connectivity index is 2.76. The first-order valence-corrected chi connectivity index (χ1v) is 7.26. The van der Waals surface area contributed by atoms with E-state index in [2.05, 4.69) is 10.6 Å². The van der Waals surface area contributed by atoms with Crippen molar-refractivity contribution >= 4 is 23.6 Å². The normalized spacial score (nSPS) is 28.9. The predicted molar refractivity (Wildman–Crippen MR) is 74.2 cm³/mol. The third-order valence-corrected chi connectivity index (χ3v) is 3.75. The molecule has 5 nitrogen and oxygen atoms in total. The summed E-state index contributed by atoms with van der Waals surface area (Å²) in [7, 11) is 0. The molecule has 4 N–H and O–H groups in total. The van der Waals surface area contributed by atoms with Gasteiger partial charge in [-0.05, 0) is 5.92 Å². The quantitative estimate of drug-likeness (QED) is 0.620. The second-order valence-electron chi connectivity index (χ2n) is 4.61. The van der Waals surface area contributed by atoms with Crippen LogP contribution in [0.25, 0.3) is 0 Å². The van der Waals surface area contributed by atoms with Gasteiger partial charge in [-0.2, -0.15) is 11.8 Å². The van der Waals surface area contributed by atoms with Crippen molar-refractivity contribution in [3.8, 4) is 0 Å². The van der Waals surface area contributed by atoms with Crippen LogP contribution in [0.4, 0.5) is 0 Å². The zero-order chi connectivity index (χ0) is 13.5. The van der Waals surface area contributed by atoms with Crippen molar-refractivity contribution in [2.45, 2.75) is 25.9 Å². The maximum atomic E-state index is 11.8. The van der Waals surface area contributed by atoms with Gasteiger partial charge < -0.3 is 16.4 Å². The minimum absolute atomic E-state index is 0.125. The molecule has 0 saturated heterocycles. The van der Waals surface area contributed by atoms with Gasteiger partial charge in [-0.15, -0.1) is 0 Å². The van der Waals surface area contributed by atoms with Gasteiger partial charge in [0.05, 0.1) is 6.04 Å². The fraction of sp³-hybridized carbons (Fsp3) is 0.667. The molecule has 1 aliphatic heterocycles. The molecule has 0 aliphatic carbocycles. The number of rotatable bonds is 1. The van der Waals surface area contributed by atoms with Crippen LogP contribution < -0.4 is 16.4 Å². The molecule has 1 aliphatic rings. The molecule has 102 valence electrons. The van der Waals surface area contributed by atoms with Crippen molar-refractivity contribution in [1.29, 1.82) is 0 Å². The molecular formula is C12H21N3O2S. The molecule has 18 heavy (non-hydrogen) atoms. The van der Waals surface area contributed by atoms with Gasteiger partial charge in [0.2, 0.25) is 11.8 Å². The lowest BCUT2D eigenvalue weighted by molar-refractivity contribution is -0.122. The Morgan fingerprint density at radius 1 is 1.44 bits per heavy atom. The maximum Gasteiger partial charge on any atom is 0.243 e. The molecule has 0 saturated carbocycles. The molecule has 2 atom stereocenters. The monoisotopic (exact) mass is 271 g/mol. The van der Waals surface area contributed by atoms with Crippen LogP contribution in [0.3, 0.4) is 0 Å². The molecular weight excluding hydrogens is 250 g/mol. The van der Waals surface area contributed by atoms with Crippen LogP contribution >= 0.6 is 11.8 Å². The van der Waals surface area contributed by atoms with E-state index in [-0.39, 0.29) is 23.8 Å². The van der Waals surface area contributed by atoms with Crippen molar-refractivity contribution in [3.05, 3.63) is 12.2 Å². The van der Waals surface area contributed by atoms with Gasteiger partial charge in [0.1, 0.15) is 0 Å². The van der Waals surface area contributed by atoms with E-state index in [0.29, 0.717) is 12.3 Å². The molecule has 0 aromatic heterocycles. The molecule has 0 aromatic rings. The Bertz CT molecular complexity index is 331. The number of carbonyl (C=O) groups is 2. The zero-order valence-electron chi connectivity index (χ0n) is 10.8. The molecule has 0 unspecified atom stereocenters. The van der Waals surface area contributed by atoms with Gasteiger partial charge >= 0.3 is 0 Å². The van der Waals surface area contributed by atoms with Crippen LogP contribution in [0.15, 0.2) is 12.2 Å². The van der Waals surface area contributed by atoms with E-state index in [1.165, 1.54) is 6.08 Å². The number of nitrogens with two attached hydrogens (primary N) is 1. The summed E-state index contributed by atoms with van der Waals surface area (Å²) in [6.45, 7) is 4.56. The first-order valence-electron chi connectivity index (χ1n) is 6.10. The lowest BCUT2D eigenvalue weighted by Gasteiger charge is -2.21. The summed E-state index contributed by atoms with van der Waals surface area (Å²) < 4.78 is 0. The number of carbonyl (C=O) groups excluding carboxylic acids is 2. The number of thioether (sulfide) groups is 1. The number of hydrogen-bond acceptors (Lipinski definition) is 4. The maximum absolute atomic E-state index is 11.8. The predicted octanol–water partition coefficient (Wildman–Crippen LogP) is -0.126. The van der Waals surface area contributed by atoms with E-state index in [0.717, 1.165) is 5.75 Å². The lowest BCUT2D eigenvalue weighted by Crippen LogP contribution is -2.48. The van der Waals surface area contributed by atoms with Gasteiger partial charge in [-0.1, -0.05) is 19.9 Å². The zero-order valence-corrected chi connectivity index (χ0v) is 11.6. The molecule has 0 radical (unpaired) electrons. The van der Waals surface area contributed by atoms with Crippen LogP contribution in [0.5, 0.6) is 0 Å². The summed E-state index contributed by atoms with van der Waals surface area (Å²) in [5, 5.41) is 5.65. The highest BCUT2D eigenvalue weighted by Gasteiger charge is 2.19. The van der Waals surface area contributed by atoms with Crippen LogP contribution in [-0.2, 0) is 9.59 Å². The number of hydrogen-bond donors (Lipinski definition) is 3. The number of amides is 2. The third-order valence-electron chi connectivity index (χ3n) is 2.66. The van der Waals surface area contributed by atoms with Crippen molar-refractivity contribution < 1.29 is 9.59 Å². The van der Waals surface area contributed by atoms with E-state index < -0.39 is 6.04 Å². The van der Waals surface area contributed by atoms with Gasteiger partial charge in [0.15, 0.2) is 0 Å². The molecule has 1 rings (SSSR count). The van der Waals surface area contributed by atoms with E-state index in [4.69, 9.17) is 5.73 Å². The smallest absolute Gasteiger partial charge is 0.243 e.